The first-order chi connectivity index (χ1) is 14.6. The van der Waals surface area contributed by atoms with E-state index in [-0.39, 0.29) is 23.3 Å². The third-order valence-electron chi connectivity index (χ3n) is 5.13. The molecule has 0 spiro atoms. The van der Waals surface area contributed by atoms with Crippen molar-refractivity contribution in [3.63, 3.8) is 0 Å². The van der Waals surface area contributed by atoms with Crippen molar-refractivity contribution < 1.29 is 9.59 Å². The van der Waals surface area contributed by atoms with Gasteiger partial charge in [-0.1, -0.05) is 35.9 Å². The SMILES string of the molecule is Cc1ccc(C(=O)Nc2nccnc2C(=O)N2CCN(c3ccccc3)CC2)cc1. The van der Waals surface area contributed by atoms with E-state index in [2.05, 4.69) is 32.3 Å². The van der Waals surface area contributed by atoms with Crippen LogP contribution in [-0.2, 0) is 0 Å². The maximum absolute atomic E-state index is 13.1. The summed E-state index contributed by atoms with van der Waals surface area (Å²) >= 11 is 0. The van der Waals surface area contributed by atoms with Crippen LogP contribution in [0.1, 0.15) is 26.4 Å². The van der Waals surface area contributed by atoms with Crippen molar-refractivity contribution in [3.05, 3.63) is 83.8 Å². The second kappa shape index (κ2) is 8.73. The molecular formula is C23H23N5O2. The summed E-state index contributed by atoms with van der Waals surface area (Å²) in [5.74, 6) is -0.368. The molecule has 1 aliphatic rings. The largest absolute Gasteiger partial charge is 0.368 e. The fourth-order valence-electron chi connectivity index (χ4n) is 3.43. The molecule has 0 aliphatic carbocycles. The van der Waals surface area contributed by atoms with Crippen LogP contribution in [-0.4, -0.2) is 52.9 Å². The number of para-hydroxylation sites is 1. The summed E-state index contributed by atoms with van der Waals surface area (Å²) in [6.45, 7) is 4.59. The Bertz CT molecular complexity index is 1030. The number of aryl methyl sites for hydroxylation is 1. The molecule has 1 N–H and O–H groups in total. The number of nitrogens with one attached hydrogen (secondary N) is 1. The van der Waals surface area contributed by atoms with Gasteiger partial charge in [-0.25, -0.2) is 9.97 Å². The molecule has 2 aromatic carbocycles. The Morgan fingerprint density at radius 3 is 2.23 bits per heavy atom. The summed E-state index contributed by atoms with van der Waals surface area (Å²) in [5, 5.41) is 2.73. The molecule has 2 amide bonds. The summed E-state index contributed by atoms with van der Waals surface area (Å²) in [7, 11) is 0. The number of amides is 2. The van der Waals surface area contributed by atoms with E-state index in [1.165, 1.54) is 12.4 Å². The number of hydrogen-bond acceptors (Lipinski definition) is 5. The number of piperazine rings is 1. The lowest BCUT2D eigenvalue weighted by atomic mass is 10.1. The molecule has 7 nitrogen and oxygen atoms in total. The van der Waals surface area contributed by atoms with Gasteiger partial charge in [-0.3, -0.25) is 9.59 Å². The molecule has 0 atom stereocenters. The van der Waals surface area contributed by atoms with Gasteiger partial charge in [0.05, 0.1) is 0 Å². The van der Waals surface area contributed by atoms with Crippen LogP contribution >= 0.6 is 0 Å². The smallest absolute Gasteiger partial charge is 0.276 e. The summed E-state index contributed by atoms with van der Waals surface area (Å²) in [5.41, 5.74) is 2.87. The van der Waals surface area contributed by atoms with Gasteiger partial charge in [-0.15, -0.1) is 0 Å². The van der Waals surface area contributed by atoms with Crippen LogP contribution in [0, 0.1) is 6.92 Å². The summed E-state index contributed by atoms with van der Waals surface area (Å²) in [6.07, 6.45) is 2.93. The Morgan fingerprint density at radius 1 is 0.867 bits per heavy atom. The molecule has 7 heteroatoms. The van der Waals surface area contributed by atoms with Crippen molar-refractivity contribution in [1.29, 1.82) is 0 Å². The van der Waals surface area contributed by atoms with Crippen molar-refractivity contribution in [1.82, 2.24) is 14.9 Å². The molecule has 1 aliphatic heterocycles. The Morgan fingerprint density at radius 2 is 1.53 bits per heavy atom. The first-order valence-electron chi connectivity index (χ1n) is 9.90. The van der Waals surface area contributed by atoms with Gasteiger partial charge < -0.3 is 15.1 Å². The van der Waals surface area contributed by atoms with Gasteiger partial charge in [0.1, 0.15) is 0 Å². The van der Waals surface area contributed by atoms with Crippen LogP contribution in [0.2, 0.25) is 0 Å². The summed E-state index contributed by atoms with van der Waals surface area (Å²) in [4.78, 5) is 38.0. The molecule has 1 saturated heterocycles. The number of benzene rings is 2. The zero-order valence-corrected chi connectivity index (χ0v) is 16.8. The van der Waals surface area contributed by atoms with Crippen molar-refractivity contribution >= 4 is 23.3 Å². The van der Waals surface area contributed by atoms with Gasteiger partial charge in [0.25, 0.3) is 11.8 Å². The van der Waals surface area contributed by atoms with E-state index < -0.39 is 0 Å². The number of carbonyl (C=O) groups is 2. The number of carbonyl (C=O) groups excluding carboxylic acids is 2. The van der Waals surface area contributed by atoms with Crippen LogP contribution in [0.15, 0.2) is 67.0 Å². The van der Waals surface area contributed by atoms with E-state index in [1.54, 1.807) is 17.0 Å². The molecule has 1 aromatic heterocycles. The highest BCUT2D eigenvalue weighted by Crippen LogP contribution is 2.18. The van der Waals surface area contributed by atoms with Crippen LogP contribution in [0.3, 0.4) is 0 Å². The average Bonchev–Trinajstić information content (AvgIpc) is 2.80. The monoisotopic (exact) mass is 401 g/mol. The van der Waals surface area contributed by atoms with Gasteiger partial charge in [0.15, 0.2) is 11.5 Å². The predicted molar refractivity (Wildman–Crippen MR) is 116 cm³/mol. The molecule has 0 saturated carbocycles. The van der Waals surface area contributed by atoms with E-state index in [9.17, 15) is 9.59 Å². The van der Waals surface area contributed by atoms with Crippen LogP contribution in [0.4, 0.5) is 11.5 Å². The molecule has 0 unspecified atom stereocenters. The zero-order valence-electron chi connectivity index (χ0n) is 16.8. The number of aromatic nitrogens is 2. The van der Waals surface area contributed by atoms with E-state index in [0.29, 0.717) is 18.7 Å². The highest BCUT2D eigenvalue weighted by Gasteiger charge is 2.26. The lowest BCUT2D eigenvalue weighted by Crippen LogP contribution is -2.49. The third-order valence-corrected chi connectivity index (χ3v) is 5.13. The van der Waals surface area contributed by atoms with E-state index >= 15 is 0 Å². The highest BCUT2D eigenvalue weighted by atomic mass is 16.2. The molecule has 4 rings (SSSR count). The molecule has 2 heterocycles. The quantitative estimate of drug-likeness (QED) is 0.727. The van der Waals surface area contributed by atoms with Crippen molar-refractivity contribution in [3.8, 4) is 0 Å². The minimum atomic E-state index is -0.321. The molecule has 1 fully saturated rings. The maximum Gasteiger partial charge on any atom is 0.276 e. The topological polar surface area (TPSA) is 78.4 Å². The van der Waals surface area contributed by atoms with E-state index in [1.807, 2.05) is 37.3 Å². The number of anilines is 2. The van der Waals surface area contributed by atoms with Crippen molar-refractivity contribution in [2.75, 3.05) is 36.4 Å². The fourth-order valence-corrected chi connectivity index (χ4v) is 3.43. The Labute approximate surface area is 175 Å². The van der Waals surface area contributed by atoms with Gasteiger partial charge in [-0.05, 0) is 31.2 Å². The molecule has 0 bridgehead atoms. The minimum absolute atomic E-state index is 0.158. The highest BCUT2D eigenvalue weighted by molar-refractivity contribution is 6.07. The first kappa shape index (κ1) is 19.6. The van der Waals surface area contributed by atoms with E-state index in [4.69, 9.17) is 0 Å². The van der Waals surface area contributed by atoms with Gasteiger partial charge >= 0.3 is 0 Å². The Hall–Kier alpha value is -3.74. The second-order valence-corrected chi connectivity index (χ2v) is 7.19. The predicted octanol–water partition coefficient (Wildman–Crippen LogP) is 3.00. The first-order valence-corrected chi connectivity index (χ1v) is 9.90. The summed E-state index contributed by atoms with van der Waals surface area (Å²) < 4.78 is 0. The fraction of sp³-hybridized carbons (Fsp3) is 0.217. The Kier molecular flexibility index (Phi) is 5.70. The number of rotatable bonds is 4. The minimum Gasteiger partial charge on any atom is -0.368 e. The van der Waals surface area contributed by atoms with Crippen LogP contribution in [0.5, 0.6) is 0 Å². The Balaban J connectivity index is 1.45. The molecular weight excluding hydrogens is 378 g/mol. The lowest BCUT2D eigenvalue weighted by Gasteiger charge is -2.36. The van der Waals surface area contributed by atoms with Crippen LogP contribution < -0.4 is 10.2 Å². The number of hydrogen-bond donors (Lipinski definition) is 1. The normalized spacial score (nSPS) is 13.8. The molecule has 30 heavy (non-hydrogen) atoms. The van der Waals surface area contributed by atoms with Crippen molar-refractivity contribution in [2.24, 2.45) is 0 Å². The van der Waals surface area contributed by atoms with Gasteiger partial charge in [0.2, 0.25) is 0 Å². The van der Waals surface area contributed by atoms with E-state index in [0.717, 1.165) is 24.3 Å². The summed E-state index contributed by atoms with van der Waals surface area (Å²) in [6, 6.07) is 17.4. The molecule has 3 aromatic rings. The average molecular weight is 401 g/mol. The lowest BCUT2D eigenvalue weighted by molar-refractivity contribution is 0.0741. The maximum atomic E-state index is 13.1. The number of nitrogens with zero attached hydrogens (tertiary/aromatic N) is 4. The zero-order chi connectivity index (χ0) is 20.9. The van der Waals surface area contributed by atoms with Gasteiger partial charge in [-0.2, -0.15) is 0 Å². The van der Waals surface area contributed by atoms with Crippen LogP contribution in [0.25, 0.3) is 0 Å². The van der Waals surface area contributed by atoms with Crippen molar-refractivity contribution in [2.45, 2.75) is 6.92 Å². The second-order valence-electron chi connectivity index (χ2n) is 7.19. The molecule has 0 radical (unpaired) electrons. The van der Waals surface area contributed by atoms with Gasteiger partial charge in [0, 0.05) is 49.8 Å². The molecule has 152 valence electrons. The standard InChI is InChI=1S/C23H23N5O2/c1-17-7-9-18(10-8-17)22(29)26-21-20(24-11-12-25-21)23(30)28-15-13-27(14-16-28)19-5-3-2-4-6-19/h2-12H,13-16H2,1H3,(H,25,26,29). The third kappa shape index (κ3) is 4.30.